The number of ether oxygens (including phenoxy) is 6. The maximum absolute atomic E-state index is 12.6. The molecule has 0 spiro atoms. The van der Waals surface area contributed by atoms with Crippen LogP contribution in [0, 0.1) is 0 Å². The van der Waals surface area contributed by atoms with Crippen molar-refractivity contribution in [2.45, 2.75) is 90.5 Å². The largest absolute Gasteiger partial charge is 0.513 e. The first-order valence-corrected chi connectivity index (χ1v) is 13.5. The van der Waals surface area contributed by atoms with E-state index in [1.54, 1.807) is 6.07 Å². The molecule has 0 fully saturated rings. The number of hydrogen-bond acceptors (Lipinski definition) is 11. The molecular formula is C28H43NO10. The summed E-state index contributed by atoms with van der Waals surface area (Å²) in [5, 5.41) is 0. The average molecular weight is 554 g/mol. The molecular weight excluding hydrogens is 510 g/mol. The molecule has 0 amide bonds. The predicted molar refractivity (Wildman–Crippen MR) is 143 cm³/mol. The molecule has 0 aliphatic rings. The first kappa shape index (κ1) is 33.7. The minimum Gasteiger partial charge on any atom is -0.468 e. The molecule has 1 aromatic carbocycles. The summed E-state index contributed by atoms with van der Waals surface area (Å²) in [6, 6.07) is 4.38. The Bertz CT molecular complexity index is 920. The van der Waals surface area contributed by atoms with Crippen LogP contribution in [0.2, 0.25) is 0 Å². The van der Waals surface area contributed by atoms with Crippen molar-refractivity contribution in [1.29, 1.82) is 0 Å². The number of carbonyl (C=O) groups excluding carboxylic acids is 4. The molecule has 220 valence electrons. The van der Waals surface area contributed by atoms with Gasteiger partial charge in [0.1, 0.15) is 5.54 Å². The Morgan fingerprint density at radius 2 is 1.36 bits per heavy atom. The van der Waals surface area contributed by atoms with E-state index in [2.05, 4.69) is 0 Å². The van der Waals surface area contributed by atoms with E-state index in [9.17, 15) is 19.2 Å². The molecule has 1 aromatic rings. The zero-order valence-corrected chi connectivity index (χ0v) is 23.6. The monoisotopic (exact) mass is 553 g/mol. The van der Waals surface area contributed by atoms with Gasteiger partial charge in [0, 0.05) is 19.3 Å². The molecule has 0 unspecified atom stereocenters. The number of rotatable bonds is 18. The van der Waals surface area contributed by atoms with Gasteiger partial charge in [0.25, 0.3) is 0 Å². The highest BCUT2D eigenvalue weighted by molar-refractivity contribution is 5.81. The van der Waals surface area contributed by atoms with E-state index < -0.39 is 23.8 Å². The van der Waals surface area contributed by atoms with Gasteiger partial charge in [-0.05, 0) is 37.0 Å². The second kappa shape index (κ2) is 18.8. The number of benzene rings is 1. The zero-order valence-electron chi connectivity index (χ0n) is 23.6. The molecule has 39 heavy (non-hydrogen) atoms. The lowest BCUT2D eigenvalue weighted by Crippen LogP contribution is -2.51. The summed E-state index contributed by atoms with van der Waals surface area (Å²) in [6.45, 7) is 6.19. The Morgan fingerprint density at radius 3 is 1.90 bits per heavy atom. The first-order valence-electron chi connectivity index (χ1n) is 13.5. The first-order chi connectivity index (χ1) is 18.7. The van der Waals surface area contributed by atoms with Crippen LogP contribution >= 0.6 is 0 Å². The van der Waals surface area contributed by atoms with Crippen LogP contribution in [0.25, 0.3) is 0 Å². The molecule has 0 bridgehead atoms. The van der Waals surface area contributed by atoms with Crippen LogP contribution < -0.4 is 15.2 Å². The standard InChI is InChI=1S/C28H43NO10/c1-5-8-10-16-36-26(32)38-22-14-13-21(19-23(22)39-27(33)37-17-11-9-6-2)20-28(29,25(31)34-4)15-18-35-24(30)12-7-3/h13-14,19H,5-12,15-18,20,29H2,1-4H3/t28-/m1/s1. The highest BCUT2D eigenvalue weighted by Gasteiger charge is 2.36. The fraction of sp³-hybridized carbons (Fsp3) is 0.643. The number of nitrogens with two attached hydrogens (primary N) is 1. The lowest BCUT2D eigenvalue weighted by molar-refractivity contribution is -0.151. The van der Waals surface area contributed by atoms with Crippen molar-refractivity contribution in [3.63, 3.8) is 0 Å². The molecule has 0 heterocycles. The van der Waals surface area contributed by atoms with Gasteiger partial charge in [0.05, 0.1) is 26.9 Å². The highest BCUT2D eigenvalue weighted by atomic mass is 16.7. The van der Waals surface area contributed by atoms with Crippen LogP contribution in [0.5, 0.6) is 11.5 Å². The highest BCUT2D eigenvalue weighted by Crippen LogP contribution is 2.31. The van der Waals surface area contributed by atoms with Gasteiger partial charge in [0.15, 0.2) is 11.5 Å². The third-order valence-corrected chi connectivity index (χ3v) is 5.71. The summed E-state index contributed by atoms with van der Waals surface area (Å²) in [4.78, 5) is 48.8. The van der Waals surface area contributed by atoms with Crippen molar-refractivity contribution in [1.82, 2.24) is 0 Å². The van der Waals surface area contributed by atoms with Crippen molar-refractivity contribution in [3.8, 4) is 11.5 Å². The molecule has 0 aromatic heterocycles. The predicted octanol–water partition coefficient (Wildman–Crippen LogP) is 5.24. The van der Waals surface area contributed by atoms with E-state index in [1.807, 2.05) is 20.8 Å². The van der Waals surface area contributed by atoms with E-state index in [0.29, 0.717) is 24.8 Å². The van der Waals surface area contributed by atoms with Gasteiger partial charge in [-0.25, -0.2) is 9.59 Å². The van der Waals surface area contributed by atoms with E-state index in [0.717, 1.165) is 25.7 Å². The summed E-state index contributed by atoms with van der Waals surface area (Å²) >= 11 is 0. The topological polar surface area (TPSA) is 150 Å². The van der Waals surface area contributed by atoms with Gasteiger partial charge in [0.2, 0.25) is 0 Å². The van der Waals surface area contributed by atoms with Crippen LogP contribution in [0.4, 0.5) is 9.59 Å². The van der Waals surface area contributed by atoms with Crippen LogP contribution in [0.15, 0.2) is 18.2 Å². The zero-order chi connectivity index (χ0) is 29.1. The Kier molecular flexibility index (Phi) is 16.3. The van der Waals surface area contributed by atoms with E-state index in [1.165, 1.54) is 19.2 Å². The maximum Gasteiger partial charge on any atom is 0.513 e. The lowest BCUT2D eigenvalue weighted by Gasteiger charge is -2.26. The Balaban J connectivity index is 3.08. The molecule has 0 aliphatic carbocycles. The maximum atomic E-state index is 12.6. The van der Waals surface area contributed by atoms with Crippen LogP contribution in [-0.4, -0.2) is 56.7 Å². The fourth-order valence-corrected chi connectivity index (χ4v) is 3.53. The fourth-order valence-electron chi connectivity index (χ4n) is 3.53. The van der Waals surface area contributed by atoms with Gasteiger partial charge >= 0.3 is 24.2 Å². The summed E-state index contributed by atoms with van der Waals surface area (Å²) in [7, 11) is 1.21. The molecule has 0 saturated carbocycles. The summed E-state index contributed by atoms with van der Waals surface area (Å²) in [6.07, 6.45) is 4.00. The minimum atomic E-state index is -1.54. The second-order valence-electron chi connectivity index (χ2n) is 9.14. The van der Waals surface area contributed by atoms with Crippen LogP contribution in [-0.2, 0) is 35.0 Å². The van der Waals surface area contributed by atoms with Crippen molar-refractivity contribution >= 4 is 24.2 Å². The van der Waals surface area contributed by atoms with E-state index in [4.69, 9.17) is 34.2 Å². The minimum absolute atomic E-state index is 0.00682. The van der Waals surface area contributed by atoms with Gasteiger partial charge in [-0.2, -0.15) is 0 Å². The summed E-state index contributed by atoms with van der Waals surface area (Å²) < 4.78 is 30.8. The Labute approximate surface area is 230 Å². The van der Waals surface area contributed by atoms with Gasteiger partial charge < -0.3 is 34.2 Å². The van der Waals surface area contributed by atoms with Crippen molar-refractivity contribution in [2.75, 3.05) is 26.9 Å². The summed E-state index contributed by atoms with van der Waals surface area (Å²) in [5.41, 5.74) is 5.31. The molecule has 2 N–H and O–H groups in total. The van der Waals surface area contributed by atoms with Crippen molar-refractivity contribution in [3.05, 3.63) is 23.8 Å². The van der Waals surface area contributed by atoms with Gasteiger partial charge in [-0.1, -0.05) is 52.5 Å². The number of hydrogen-bond donors (Lipinski definition) is 1. The molecule has 0 radical (unpaired) electrons. The summed E-state index contributed by atoms with van der Waals surface area (Å²) in [5.74, 6) is -1.28. The van der Waals surface area contributed by atoms with Gasteiger partial charge in [-0.15, -0.1) is 0 Å². The normalized spacial score (nSPS) is 12.1. The number of unbranched alkanes of at least 4 members (excludes halogenated alkanes) is 4. The van der Waals surface area contributed by atoms with Crippen molar-refractivity contribution in [2.24, 2.45) is 5.73 Å². The number of methoxy groups -OCH3 is 1. The number of carbonyl (C=O) groups is 4. The molecule has 1 rings (SSSR count). The molecule has 0 saturated heterocycles. The van der Waals surface area contributed by atoms with E-state index >= 15 is 0 Å². The smallest absolute Gasteiger partial charge is 0.468 e. The molecule has 0 aliphatic heterocycles. The van der Waals surface area contributed by atoms with Crippen molar-refractivity contribution < 1.29 is 47.6 Å². The third kappa shape index (κ3) is 13.3. The Morgan fingerprint density at radius 1 is 0.769 bits per heavy atom. The van der Waals surface area contributed by atoms with Crippen LogP contribution in [0.3, 0.4) is 0 Å². The third-order valence-electron chi connectivity index (χ3n) is 5.71. The quantitative estimate of drug-likeness (QED) is 0.110. The number of esters is 2. The molecule has 11 heteroatoms. The second-order valence-corrected chi connectivity index (χ2v) is 9.14. The Hall–Kier alpha value is -3.34. The van der Waals surface area contributed by atoms with Crippen LogP contribution in [0.1, 0.15) is 84.1 Å². The average Bonchev–Trinajstić information content (AvgIpc) is 2.90. The SMILES string of the molecule is CCCCCOC(=O)Oc1ccc(C[C@](N)(CCOC(=O)CCC)C(=O)OC)cc1OC(=O)OCCCCC. The lowest BCUT2D eigenvalue weighted by atomic mass is 9.88. The molecule has 11 nitrogen and oxygen atoms in total. The van der Waals surface area contributed by atoms with E-state index in [-0.39, 0.29) is 56.6 Å². The molecule has 1 atom stereocenters. The van der Waals surface area contributed by atoms with Gasteiger partial charge in [-0.3, -0.25) is 9.59 Å².